The molecule has 1 unspecified atom stereocenters. The van der Waals surface area contributed by atoms with Gasteiger partial charge in [-0.3, -0.25) is 0 Å². The average molecular weight is 388 g/mol. The molecule has 4 aliphatic carbocycles. The van der Waals surface area contributed by atoms with Crippen LogP contribution in [0.3, 0.4) is 0 Å². The van der Waals surface area contributed by atoms with Crippen LogP contribution in [0.25, 0.3) is 0 Å². The van der Waals surface area contributed by atoms with Crippen molar-refractivity contribution in [3.63, 3.8) is 0 Å². The number of aliphatic hydroxyl groups is 1. The van der Waals surface area contributed by atoms with Crippen LogP contribution in [-0.4, -0.2) is 24.3 Å². The molecule has 2 heteroatoms. The first-order valence-corrected chi connectivity index (χ1v) is 12.3. The van der Waals surface area contributed by atoms with Crippen LogP contribution < -0.4 is 5.32 Å². The number of rotatable bonds is 5. The summed E-state index contributed by atoms with van der Waals surface area (Å²) in [7, 11) is 0. The second-order valence-electron chi connectivity index (χ2n) is 11.9. The average Bonchev–Trinajstić information content (AvgIpc) is 2.99. The van der Waals surface area contributed by atoms with Gasteiger partial charge in [-0.25, -0.2) is 0 Å². The minimum atomic E-state index is -0.0835. The van der Waals surface area contributed by atoms with E-state index in [1.807, 2.05) is 0 Å². The second-order valence-corrected chi connectivity index (χ2v) is 11.9. The summed E-state index contributed by atoms with van der Waals surface area (Å²) in [5, 5.41) is 13.9. The van der Waals surface area contributed by atoms with E-state index in [0.717, 1.165) is 54.9 Å². The minimum absolute atomic E-state index is 0.0835. The molecule has 3 fully saturated rings. The Morgan fingerprint density at radius 3 is 2.57 bits per heavy atom. The third kappa shape index (κ3) is 3.41. The molecule has 4 aliphatic rings. The van der Waals surface area contributed by atoms with Crippen molar-refractivity contribution in [2.24, 2.45) is 46.3 Å². The topological polar surface area (TPSA) is 32.3 Å². The van der Waals surface area contributed by atoms with E-state index < -0.39 is 0 Å². The van der Waals surface area contributed by atoms with Gasteiger partial charge < -0.3 is 10.4 Å². The molecule has 8 atom stereocenters. The molecule has 0 aromatic rings. The molecule has 0 radical (unpaired) electrons. The SMILES string of the molecule is CC(C)CNC[C@@H](C)C1CC[C@H]2[C@@H]3CC=C4C[C@@H](O)CC[C@]4(C)[C@H]3CC[C@]12C. The third-order valence-electron chi connectivity index (χ3n) is 9.86. The summed E-state index contributed by atoms with van der Waals surface area (Å²) in [5.74, 6) is 5.11. The summed E-state index contributed by atoms with van der Waals surface area (Å²) in [6, 6.07) is 0. The molecular formula is C26H45NO. The van der Waals surface area contributed by atoms with Crippen LogP contribution >= 0.6 is 0 Å². The van der Waals surface area contributed by atoms with Crippen LogP contribution in [0.15, 0.2) is 11.6 Å². The Hall–Kier alpha value is -0.340. The van der Waals surface area contributed by atoms with Crippen molar-refractivity contribution in [3.05, 3.63) is 11.6 Å². The molecule has 160 valence electrons. The zero-order valence-corrected chi connectivity index (χ0v) is 19.1. The van der Waals surface area contributed by atoms with Crippen LogP contribution in [0.4, 0.5) is 0 Å². The molecule has 2 nitrogen and oxygen atoms in total. The van der Waals surface area contributed by atoms with Gasteiger partial charge in [0.05, 0.1) is 6.10 Å². The zero-order valence-electron chi connectivity index (χ0n) is 19.1. The molecule has 0 saturated heterocycles. The van der Waals surface area contributed by atoms with E-state index in [9.17, 15) is 5.11 Å². The lowest BCUT2D eigenvalue weighted by Gasteiger charge is -2.58. The standard InChI is InChI=1S/C26H45NO/c1-17(2)15-27-16-18(3)22-8-9-23-21-7-6-19-14-20(28)10-12-25(19,4)24(21)11-13-26(22,23)5/h6,17-18,20-24,27-28H,7-16H2,1-5H3/t18-,20+,21+,22?,23+,24+,25+,26-/m1/s1. The van der Waals surface area contributed by atoms with E-state index in [4.69, 9.17) is 0 Å². The number of hydrogen-bond acceptors (Lipinski definition) is 2. The van der Waals surface area contributed by atoms with Crippen LogP contribution in [0.1, 0.15) is 86.0 Å². The van der Waals surface area contributed by atoms with Crippen LogP contribution in [0, 0.1) is 46.3 Å². The molecule has 2 N–H and O–H groups in total. The Morgan fingerprint density at radius 1 is 1.04 bits per heavy atom. The summed E-state index contributed by atoms with van der Waals surface area (Å²) in [6.07, 6.45) is 12.7. The normalized spacial score (nSPS) is 46.5. The maximum absolute atomic E-state index is 10.2. The van der Waals surface area contributed by atoms with Crippen molar-refractivity contribution >= 4 is 0 Å². The molecule has 0 spiro atoms. The van der Waals surface area contributed by atoms with Crippen molar-refractivity contribution in [2.45, 2.75) is 92.1 Å². The lowest BCUT2D eigenvalue weighted by molar-refractivity contribution is -0.0565. The van der Waals surface area contributed by atoms with Crippen LogP contribution in [-0.2, 0) is 0 Å². The van der Waals surface area contributed by atoms with Gasteiger partial charge in [-0.05, 0) is 111 Å². The molecule has 0 aliphatic heterocycles. The number of hydrogen-bond donors (Lipinski definition) is 2. The van der Waals surface area contributed by atoms with Crippen LogP contribution in [0.2, 0.25) is 0 Å². The van der Waals surface area contributed by atoms with Gasteiger partial charge in [-0.2, -0.15) is 0 Å². The number of aliphatic hydroxyl groups excluding tert-OH is 1. The number of fused-ring (bicyclic) bond motifs is 5. The lowest BCUT2D eigenvalue weighted by atomic mass is 9.47. The van der Waals surface area contributed by atoms with Gasteiger partial charge in [0.1, 0.15) is 0 Å². The maximum Gasteiger partial charge on any atom is 0.0577 e. The van der Waals surface area contributed by atoms with Crippen molar-refractivity contribution in [3.8, 4) is 0 Å². The first-order valence-electron chi connectivity index (χ1n) is 12.3. The van der Waals surface area contributed by atoms with E-state index in [1.165, 1.54) is 45.1 Å². The van der Waals surface area contributed by atoms with Gasteiger partial charge in [-0.15, -0.1) is 0 Å². The Bertz CT molecular complexity index is 597. The lowest BCUT2D eigenvalue weighted by Crippen LogP contribution is -2.51. The fourth-order valence-corrected chi connectivity index (χ4v) is 8.36. The highest BCUT2D eigenvalue weighted by molar-refractivity contribution is 5.25. The van der Waals surface area contributed by atoms with E-state index in [2.05, 4.69) is 46.0 Å². The Morgan fingerprint density at radius 2 is 1.82 bits per heavy atom. The second kappa shape index (κ2) is 7.73. The summed E-state index contributed by atoms with van der Waals surface area (Å²) in [6.45, 7) is 14.7. The smallest absolute Gasteiger partial charge is 0.0577 e. The fraction of sp³-hybridized carbons (Fsp3) is 0.923. The molecule has 4 rings (SSSR count). The van der Waals surface area contributed by atoms with E-state index in [-0.39, 0.29) is 6.10 Å². The van der Waals surface area contributed by atoms with Crippen molar-refractivity contribution < 1.29 is 5.11 Å². The van der Waals surface area contributed by atoms with Gasteiger partial charge in [0.25, 0.3) is 0 Å². The van der Waals surface area contributed by atoms with E-state index in [0.29, 0.717) is 10.8 Å². The molecule has 0 heterocycles. The predicted octanol–water partition coefficient (Wildman–Crippen LogP) is 5.81. The number of allylic oxidation sites excluding steroid dienone is 1. The first-order chi connectivity index (χ1) is 13.3. The Labute approximate surface area is 173 Å². The Balaban J connectivity index is 1.49. The van der Waals surface area contributed by atoms with E-state index in [1.54, 1.807) is 5.57 Å². The Kier molecular flexibility index (Phi) is 5.77. The molecule has 0 bridgehead atoms. The largest absolute Gasteiger partial charge is 0.393 e. The maximum atomic E-state index is 10.2. The molecular weight excluding hydrogens is 342 g/mol. The number of nitrogens with one attached hydrogen (secondary N) is 1. The van der Waals surface area contributed by atoms with Gasteiger partial charge >= 0.3 is 0 Å². The quantitative estimate of drug-likeness (QED) is 0.584. The van der Waals surface area contributed by atoms with Gasteiger partial charge in [0.15, 0.2) is 0 Å². The highest BCUT2D eigenvalue weighted by Gasteiger charge is 2.59. The predicted molar refractivity (Wildman–Crippen MR) is 118 cm³/mol. The monoisotopic (exact) mass is 387 g/mol. The summed E-state index contributed by atoms with van der Waals surface area (Å²) in [4.78, 5) is 0. The highest BCUT2D eigenvalue weighted by Crippen LogP contribution is 2.67. The van der Waals surface area contributed by atoms with Gasteiger partial charge in [0, 0.05) is 0 Å². The van der Waals surface area contributed by atoms with Crippen LogP contribution in [0.5, 0.6) is 0 Å². The fourth-order valence-electron chi connectivity index (χ4n) is 8.36. The molecule has 0 aromatic heterocycles. The van der Waals surface area contributed by atoms with Gasteiger partial charge in [-0.1, -0.05) is 46.3 Å². The van der Waals surface area contributed by atoms with Crippen molar-refractivity contribution in [1.82, 2.24) is 5.32 Å². The first kappa shape index (κ1) is 20.9. The zero-order chi connectivity index (χ0) is 20.1. The highest BCUT2D eigenvalue weighted by atomic mass is 16.3. The minimum Gasteiger partial charge on any atom is -0.393 e. The van der Waals surface area contributed by atoms with Crippen molar-refractivity contribution in [2.75, 3.05) is 13.1 Å². The van der Waals surface area contributed by atoms with Gasteiger partial charge in [0.2, 0.25) is 0 Å². The van der Waals surface area contributed by atoms with Crippen molar-refractivity contribution in [1.29, 1.82) is 0 Å². The summed E-state index contributed by atoms with van der Waals surface area (Å²) in [5.41, 5.74) is 2.54. The molecule has 0 aromatic carbocycles. The molecule has 0 amide bonds. The summed E-state index contributed by atoms with van der Waals surface area (Å²) < 4.78 is 0. The molecule has 3 saturated carbocycles. The summed E-state index contributed by atoms with van der Waals surface area (Å²) >= 11 is 0. The van der Waals surface area contributed by atoms with E-state index >= 15 is 0 Å². The third-order valence-corrected chi connectivity index (χ3v) is 9.86. The molecule has 28 heavy (non-hydrogen) atoms.